The van der Waals surface area contributed by atoms with E-state index in [2.05, 4.69) is 17.2 Å². The molecule has 0 aliphatic heterocycles. The van der Waals surface area contributed by atoms with E-state index >= 15 is 0 Å². The Hall–Kier alpha value is -0.470. The Kier molecular flexibility index (Phi) is 3.63. The van der Waals surface area contributed by atoms with E-state index in [1.54, 1.807) is 12.3 Å². The number of nitrogens with one attached hydrogen (secondary N) is 1. The van der Waals surface area contributed by atoms with Gasteiger partial charge in [0.1, 0.15) is 5.82 Å². The minimum Gasteiger partial charge on any atom is -0.369 e. The van der Waals surface area contributed by atoms with Crippen molar-refractivity contribution in [2.24, 2.45) is 0 Å². The number of halogens is 2. The Morgan fingerprint density at radius 1 is 1.50 bits per heavy atom. The number of hydrogen-bond donors (Lipinski definition) is 1. The first-order chi connectivity index (χ1) is 5.74. The fraction of sp³-hybridized carbons (Fsp3) is 0.375. The largest absolute Gasteiger partial charge is 0.369 e. The highest BCUT2D eigenvalue weighted by Crippen LogP contribution is 2.22. The number of nitrogens with zero attached hydrogens (tertiary/aromatic N) is 1. The molecule has 66 valence electrons. The zero-order valence-corrected chi connectivity index (χ0v) is 8.28. The zero-order chi connectivity index (χ0) is 8.97. The summed E-state index contributed by atoms with van der Waals surface area (Å²) in [7, 11) is 0. The first-order valence-corrected chi connectivity index (χ1v) is 4.54. The lowest BCUT2D eigenvalue weighted by atomic mass is 10.4. The van der Waals surface area contributed by atoms with E-state index in [1.807, 2.05) is 0 Å². The second-order valence-corrected chi connectivity index (χ2v) is 3.25. The van der Waals surface area contributed by atoms with Crippen molar-refractivity contribution in [3.63, 3.8) is 0 Å². The van der Waals surface area contributed by atoms with Crippen LogP contribution < -0.4 is 5.32 Å². The number of hydrogen-bond acceptors (Lipinski definition) is 2. The normalized spacial score (nSPS) is 9.92. The van der Waals surface area contributed by atoms with Crippen LogP contribution in [0, 0.1) is 0 Å². The smallest absolute Gasteiger partial charge is 0.144 e. The van der Waals surface area contributed by atoms with Crippen LogP contribution >= 0.6 is 23.2 Å². The number of anilines is 1. The van der Waals surface area contributed by atoms with Gasteiger partial charge in [-0.3, -0.25) is 0 Å². The molecule has 1 aromatic heterocycles. The van der Waals surface area contributed by atoms with Crippen LogP contribution in [0.25, 0.3) is 0 Å². The van der Waals surface area contributed by atoms with Gasteiger partial charge in [0.05, 0.1) is 10.0 Å². The molecule has 0 saturated heterocycles. The molecule has 0 unspecified atom stereocenters. The molecular weight excluding hydrogens is 195 g/mol. The molecule has 4 heteroatoms. The molecule has 1 heterocycles. The summed E-state index contributed by atoms with van der Waals surface area (Å²) in [5.74, 6) is 0.697. The summed E-state index contributed by atoms with van der Waals surface area (Å²) in [4.78, 5) is 4.04. The summed E-state index contributed by atoms with van der Waals surface area (Å²) in [6, 6.07) is 1.67. The predicted octanol–water partition coefficient (Wildman–Crippen LogP) is 3.21. The molecule has 0 aliphatic rings. The standard InChI is InChI=1S/C8H10Cl2N2/c1-2-3-11-8-7(10)4-6(9)5-12-8/h4-5H,2-3H2,1H3,(H,11,12). The Balaban J connectivity index is 2.72. The molecule has 0 bridgehead atoms. The minimum atomic E-state index is 0.557. The van der Waals surface area contributed by atoms with Crippen LogP contribution in [0.4, 0.5) is 5.82 Å². The second kappa shape index (κ2) is 4.53. The molecule has 12 heavy (non-hydrogen) atoms. The third kappa shape index (κ3) is 2.54. The van der Waals surface area contributed by atoms with Gasteiger partial charge in [0, 0.05) is 12.7 Å². The van der Waals surface area contributed by atoms with Gasteiger partial charge in [0.15, 0.2) is 0 Å². The van der Waals surface area contributed by atoms with E-state index in [0.717, 1.165) is 13.0 Å². The SMILES string of the molecule is CCCNc1ncc(Cl)cc1Cl. The van der Waals surface area contributed by atoms with Crippen LogP contribution in [-0.2, 0) is 0 Å². The van der Waals surface area contributed by atoms with Crippen LogP contribution in [0.5, 0.6) is 0 Å². The molecule has 1 aromatic rings. The van der Waals surface area contributed by atoms with Gasteiger partial charge >= 0.3 is 0 Å². The van der Waals surface area contributed by atoms with E-state index in [4.69, 9.17) is 23.2 Å². The summed E-state index contributed by atoms with van der Waals surface area (Å²) >= 11 is 11.5. The van der Waals surface area contributed by atoms with Crippen LogP contribution in [0.2, 0.25) is 10.0 Å². The average molecular weight is 205 g/mol. The third-order valence-corrected chi connectivity index (χ3v) is 1.85. The molecule has 0 radical (unpaired) electrons. The van der Waals surface area contributed by atoms with Crippen molar-refractivity contribution < 1.29 is 0 Å². The van der Waals surface area contributed by atoms with Crippen molar-refractivity contribution in [2.45, 2.75) is 13.3 Å². The predicted molar refractivity (Wildman–Crippen MR) is 53.0 cm³/mol. The van der Waals surface area contributed by atoms with Crippen LogP contribution in [-0.4, -0.2) is 11.5 Å². The first-order valence-electron chi connectivity index (χ1n) is 3.79. The summed E-state index contributed by atoms with van der Waals surface area (Å²) < 4.78 is 0. The Labute approximate surface area is 81.9 Å². The summed E-state index contributed by atoms with van der Waals surface area (Å²) in [5.41, 5.74) is 0. The van der Waals surface area contributed by atoms with E-state index in [9.17, 15) is 0 Å². The highest BCUT2D eigenvalue weighted by atomic mass is 35.5. The van der Waals surface area contributed by atoms with Crippen LogP contribution in [0.15, 0.2) is 12.3 Å². The third-order valence-electron chi connectivity index (χ3n) is 1.35. The van der Waals surface area contributed by atoms with Gasteiger partial charge in [0.2, 0.25) is 0 Å². The molecule has 0 aliphatic carbocycles. The molecule has 0 aromatic carbocycles. The van der Waals surface area contributed by atoms with Gasteiger partial charge < -0.3 is 5.32 Å². The van der Waals surface area contributed by atoms with E-state index in [0.29, 0.717) is 15.9 Å². The van der Waals surface area contributed by atoms with Gasteiger partial charge in [0.25, 0.3) is 0 Å². The second-order valence-electron chi connectivity index (χ2n) is 2.41. The van der Waals surface area contributed by atoms with Crippen molar-refractivity contribution in [1.82, 2.24) is 4.98 Å². The quantitative estimate of drug-likeness (QED) is 0.819. The molecule has 1 rings (SSSR count). The fourth-order valence-corrected chi connectivity index (χ4v) is 1.23. The number of aromatic nitrogens is 1. The molecule has 2 nitrogen and oxygen atoms in total. The maximum Gasteiger partial charge on any atom is 0.144 e. The summed E-state index contributed by atoms with van der Waals surface area (Å²) in [6.45, 7) is 2.95. The molecule has 0 amide bonds. The Morgan fingerprint density at radius 3 is 2.83 bits per heavy atom. The maximum absolute atomic E-state index is 5.86. The molecule has 0 fully saturated rings. The number of rotatable bonds is 3. The van der Waals surface area contributed by atoms with Gasteiger partial charge in [-0.1, -0.05) is 30.1 Å². The molecule has 1 N–H and O–H groups in total. The molecule has 0 spiro atoms. The van der Waals surface area contributed by atoms with Gasteiger partial charge in [-0.2, -0.15) is 0 Å². The van der Waals surface area contributed by atoms with Crippen molar-refractivity contribution in [1.29, 1.82) is 0 Å². The Morgan fingerprint density at radius 2 is 2.25 bits per heavy atom. The van der Waals surface area contributed by atoms with Crippen molar-refractivity contribution in [3.05, 3.63) is 22.3 Å². The fourth-order valence-electron chi connectivity index (χ4n) is 0.788. The molecular formula is C8H10Cl2N2. The van der Waals surface area contributed by atoms with Gasteiger partial charge in [-0.05, 0) is 12.5 Å². The summed E-state index contributed by atoms with van der Waals surface area (Å²) in [6.07, 6.45) is 2.62. The van der Waals surface area contributed by atoms with Crippen molar-refractivity contribution >= 4 is 29.0 Å². The van der Waals surface area contributed by atoms with E-state index < -0.39 is 0 Å². The highest BCUT2D eigenvalue weighted by Gasteiger charge is 2.00. The lowest BCUT2D eigenvalue weighted by Crippen LogP contribution is -2.01. The average Bonchev–Trinajstić information content (AvgIpc) is 2.03. The van der Waals surface area contributed by atoms with E-state index in [1.165, 1.54) is 0 Å². The molecule has 0 saturated carbocycles. The zero-order valence-electron chi connectivity index (χ0n) is 6.77. The first kappa shape index (κ1) is 9.62. The summed E-state index contributed by atoms with van der Waals surface area (Å²) in [5, 5.41) is 4.21. The molecule has 0 atom stereocenters. The highest BCUT2D eigenvalue weighted by molar-refractivity contribution is 6.35. The monoisotopic (exact) mass is 204 g/mol. The number of pyridine rings is 1. The van der Waals surface area contributed by atoms with Crippen molar-refractivity contribution in [3.8, 4) is 0 Å². The lowest BCUT2D eigenvalue weighted by molar-refractivity contribution is 0.969. The van der Waals surface area contributed by atoms with Gasteiger partial charge in [-0.25, -0.2) is 4.98 Å². The van der Waals surface area contributed by atoms with E-state index in [-0.39, 0.29) is 0 Å². The Bertz CT molecular complexity index is 263. The van der Waals surface area contributed by atoms with Gasteiger partial charge in [-0.15, -0.1) is 0 Å². The minimum absolute atomic E-state index is 0.557. The topological polar surface area (TPSA) is 24.9 Å². The van der Waals surface area contributed by atoms with Crippen molar-refractivity contribution in [2.75, 3.05) is 11.9 Å². The van der Waals surface area contributed by atoms with Crippen LogP contribution in [0.3, 0.4) is 0 Å². The van der Waals surface area contributed by atoms with Crippen LogP contribution in [0.1, 0.15) is 13.3 Å². The maximum atomic E-state index is 5.86. The lowest BCUT2D eigenvalue weighted by Gasteiger charge is -2.04.